The van der Waals surface area contributed by atoms with Gasteiger partial charge in [-0.3, -0.25) is 4.79 Å². The number of hydrogen-bond acceptors (Lipinski definition) is 5. The number of carbonyl (C=O) groups is 1. The molecule has 1 aromatic rings. The van der Waals surface area contributed by atoms with Crippen LogP contribution in [0.15, 0.2) is 12.5 Å². The molecule has 0 fully saturated rings. The van der Waals surface area contributed by atoms with Crippen molar-refractivity contribution in [2.75, 3.05) is 25.6 Å². The van der Waals surface area contributed by atoms with Crippen molar-refractivity contribution in [1.82, 2.24) is 9.97 Å². The first kappa shape index (κ1) is 10.2. The van der Waals surface area contributed by atoms with Crippen LogP contribution in [0.2, 0.25) is 0 Å². The highest BCUT2D eigenvalue weighted by Gasteiger charge is 2.11. The molecule has 0 aliphatic rings. The Balaban J connectivity index is 2.87. The summed E-state index contributed by atoms with van der Waals surface area (Å²) in [5, 5.41) is 8.58. The van der Waals surface area contributed by atoms with Gasteiger partial charge in [-0.15, -0.1) is 0 Å². The van der Waals surface area contributed by atoms with Crippen molar-refractivity contribution >= 4 is 11.8 Å². The maximum Gasteiger partial charge on any atom is 0.323 e. The predicted octanol–water partition coefficient (Wildman–Crippen LogP) is 0.00600. The summed E-state index contributed by atoms with van der Waals surface area (Å²) >= 11 is 0. The van der Waals surface area contributed by atoms with E-state index in [-0.39, 0.29) is 6.54 Å². The zero-order chi connectivity index (χ0) is 10.6. The molecule has 1 rings (SSSR count). The summed E-state index contributed by atoms with van der Waals surface area (Å²) in [7, 11) is 3.11. The van der Waals surface area contributed by atoms with Gasteiger partial charge in [0.2, 0.25) is 0 Å². The highest BCUT2D eigenvalue weighted by atomic mass is 16.5. The number of rotatable bonds is 4. The Kier molecular flexibility index (Phi) is 3.22. The van der Waals surface area contributed by atoms with Crippen molar-refractivity contribution < 1.29 is 14.6 Å². The van der Waals surface area contributed by atoms with Crippen LogP contribution in [0.4, 0.5) is 5.82 Å². The van der Waals surface area contributed by atoms with Crippen LogP contribution in [-0.4, -0.2) is 41.7 Å². The fourth-order valence-corrected chi connectivity index (χ4v) is 1.02. The largest absolute Gasteiger partial charge is 0.491 e. The molecule has 1 aromatic heterocycles. The Hall–Kier alpha value is -1.85. The second-order valence-corrected chi connectivity index (χ2v) is 2.66. The average molecular weight is 197 g/mol. The molecule has 1 N–H and O–H groups in total. The number of likely N-dealkylation sites (N-methyl/N-ethyl adjacent to an activating group) is 1. The number of nitrogens with zero attached hydrogens (tertiary/aromatic N) is 3. The van der Waals surface area contributed by atoms with Crippen molar-refractivity contribution in [2.45, 2.75) is 0 Å². The van der Waals surface area contributed by atoms with Crippen molar-refractivity contribution in [1.29, 1.82) is 0 Å². The first-order chi connectivity index (χ1) is 6.65. The van der Waals surface area contributed by atoms with Crippen LogP contribution in [0.3, 0.4) is 0 Å². The summed E-state index contributed by atoms with van der Waals surface area (Å²) in [4.78, 5) is 19.6. The number of aromatic nitrogens is 2. The number of ether oxygens (including phenoxy) is 1. The van der Waals surface area contributed by atoms with Crippen molar-refractivity contribution in [3.05, 3.63) is 12.5 Å². The Labute approximate surface area is 81.2 Å². The fourth-order valence-electron chi connectivity index (χ4n) is 1.02. The lowest BCUT2D eigenvalue weighted by molar-refractivity contribution is -0.135. The molecule has 14 heavy (non-hydrogen) atoms. The van der Waals surface area contributed by atoms with Crippen molar-refractivity contribution in [3.8, 4) is 5.75 Å². The predicted molar refractivity (Wildman–Crippen MR) is 49.5 cm³/mol. The molecule has 0 bridgehead atoms. The number of carboxylic acid groups (broad SMARTS) is 1. The molecule has 0 atom stereocenters. The summed E-state index contributed by atoms with van der Waals surface area (Å²) in [6, 6.07) is 0. The van der Waals surface area contributed by atoms with Crippen LogP contribution in [0.5, 0.6) is 5.75 Å². The molecule has 0 spiro atoms. The first-order valence-electron chi connectivity index (χ1n) is 3.92. The standard InChI is InChI=1S/C8H11N3O3/c1-11(4-7(12)13)8-6(14-2)3-9-5-10-8/h3,5H,4H2,1-2H3,(H,12,13). The normalized spacial score (nSPS) is 9.57. The molecule has 0 saturated carbocycles. The molecule has 0 aliphatic carbocycles. The molecule has 6 nitrogen and oxygen atoms in total. The third-order valence-corrected chi connectivity index (χ3v) is 1.61. The van der Waals surface area contributed by atoms with Gasteiger partial charge in [0.15, 0.2) is 11.6 Å². The molecule has 0 aliphatic heterocycles. The Bertz CT molecular complexity index is 329. The minimum atomic E-state index is -0.923. The topological polar surface area (TPSA) is 75.6 Å². The molecule has 0 aromatic carbocycles. The molecule has 0 saturated heterocycles. The second-order valence-electron chi connectivity index (χ2n) is 2.66. The molecule has 76 valence electrons. The van der Waals surface area contributed by atoms with Gasteiger partial charge in [0.1, 0.15) is 12.9 Å². The van der Waals surface area contributed by atoms with Crippen LogP contribution >= 0.6 is 0 Å². The molecule has 0 amide bonds. The van der Waals surface area contributed by atoms with Crippen LogP contribution in [0, 0.1) is 0 Å². The quantitative estimate of drug-likeness (QED) is 0.732. The average Bonchev–Trinajstić information content (AvgIpc) is 2.16. The maximum absolute atomic E-state index is 10.5. The van der Waals surface area contributed by atoms with E-state index in [0.717, 1.165) is 0 Å². The minimum absolute atomic E-state index is 0.132. The van der Waals surface area contributed by atoms with E-state index in [9.17, 15) is 4.79 Å². The van der Waals surface area contributed by atoms with Crippen LogP contribution in [0.1, 0.15) is 0 Å². The fraction of sp³-hybridized carbons (Fsp3) is 0.375. The van der Waals surface area contributed by atoms with Gasteiger partial charge in [-0.25, -0.2) is 9.97 Å². The number of carboxylic acids is 1. The first-order valence-corrected chi connectivity index (χ1v) is 3.92. The second kappa shape index (κ2) is 4.40. The zero-order valence-electron chi connectivity index (χ0n) is 7.97. The molecular weight excluding hydrogens is 186 g/mol. The van der Waals surface area contributed by atoms with Gasteiger partial charge in [0.25, 0.3) is 0 Å². The highest BCUT2D eigenvalue weighted by molar-refractivity contribution is 5.73. The van der Waals surface area contributed by atoms with Gasteiger partial charge < -0.3 is 14.7 Å². The zero-order valence-corrected chi connectivity index (χ0v) is 7.97. The Morgan fingerprint density at radius 3 is 3.00 bits per heavy atom. The highest BCUT2D eigenvalue weighted by Crippen LogP contribution is 2.21. The third-order valence-electron chi connectivity index (χ3n) is 1.61. The van der Waals surface area contributed by atoms with Gasteiger partial charge in [0.05, 0.1) is 13.3 Å². The monoisotopic (exact) mass is 197 g/mol. The lowest BCUT2D eigenvalue weighted by atomic mass is 10.4. The van der Waals surface area contributed by atoms with Gasteiger partial charge in [0, 0.05) is 7.05 Å². The molecule has 0 unspecified atom stereocenters. The van der Waals surface area contributed by atoms with Crippen LogP contribution in [-0.2, 0) is 4.79 Å². The summed E-state index contributed by atoms with van der Waals surface area (Å²) in [6.07, 6.45) is 2.83. The van der Waals surface area contributed by atoms with Gasteiger partial charge in [-0.1, -0.05) is 0 Å². The lowest BCUT2D eigenvalue weighted by Gasteiger charge is -2.17. The molecule has 0 radical (unpaired) electrons. The van der Waals surface area contributed by atoms with Gasteiger partial charge in [-0.2, -0.15) is 0 Å². The minimum Gasteiger partial charge on any atom is -0.491 e. The Morgan fingerprint density at radius 2 is 2.43 bits per heavy atom. The lowest BCUT2D eigenvalue weighted by Crippen LogP contribution is -2.26. The van der Waals surface area contributed by atoms with Crippen LogP contribution < -0.4 is 9.64 Å². The summed E-state index contributed by atoms with van der Waals surface area (Å²) < 4.78 is 4.99. The van der Waals surface area contributed by atoms with E-state index in [1.165, 1.54) is 24.5 Å². The number of methoxy groups -OCH3 is 1. The summed E-state index contributed by atoms with van der Waals surface area (Å²) in [5.41, 5.74) is 0. The van der Waals surface area contributed by atoms with Gasteiger partial charge >= 0.3 is 5.97 Å². The van der Waals surface area contributed by atoms with Crippen molar-refractivity contribution in [3.63, 3.8) is 0 Å². The van der Waals surface area contributed by atoms with E-state index in [0.29, 0.717) is 11.6 Å². The molecule has 6 heteroatoms. The van der Waals surface area contributed by atoms with E-state index in [2.05, 4.69) is 9.97 Å². The van der Waals surface area contributed by atoms with Crippen molar-refractivity contribution in [2.24, 2.45) is 0 Å². The number of hydrogen-bond donors (Lipinski definition) is 1. The molecule has 1 heterocycles. The summed E-state index contributed by atoms with van der Waals surface area (Å²) in [6.45, 7) is -0.132. The number of aliphatic carboxylic acids is 1. The molecular formula is C8H11N3O3. The van der Waals surface area contributed by atoms with E-state index in [1.807, 2.05) is 0 Å². The van der Waals surface area contributed by atoms with E-state index >= 15 is 0 Å². The third kappa shape index (κ3) is 2.32. The summed E-state index contributed by atoms with van der Waals surface area (Å²) in [5.74, 6) is -0.00526. The SMILES string of the molecule is COc1cncnc1N(C)CC(=O)O. The Morgan fingerprint density at radius 1 is 1.71 bits per heavy atom. The van der Waals surface area contributed by atoms with E-state index < -0.39 is 5.97 Å². The van der Waals surface area contributed by atoms with E-state index in [1.54, 1.807) is 7.05 Å². The number of anilines is 1. The van der Waals surface area contributed by atoms with Crippen LogP contribution in [0.25, 0.3) is 0 Å². The maximum atomic E-state index is 10.5. The van der Waals surface area contributed by atoms with Gasteiger partial charge in [-0.05, 0) is 0 Å². The smallest absolute Gasteiger partial charge is 0.323 e. The van der Waals surface area contributed by atoms with E-state index in [4.69, 9.17) is 9.84 Å².